The Balaban J connectivity index is 1.68. The van der Waals surface area contributed by atoms with Crippen LogP contribution in [0.1, 0.15) is 56.5 Å². The average molecular weight is 417 g/mol. The third-order valence-corrected chi connectivity index (χ3v) is 5.89. The number of nitrogens with zero attached hydrogens (tertiary/aromatic N) is 3. The molecule has 0 spiro atoms. The second-order valence-corrected chi connectivity index (χ2v) is 8.19. The van der Waals surface area contributed by atoms with Crippen molar-refractivity contribution in [3.05, 3.63) is 35.7 Å². The van der Waals surface area contributed by atoms with Gasteiger partial charge in [0.15, 0.2) is 5.16 Å². The van der Waals surface area contributed by atoms with Crippen molar-refractivity contribution in [1.82, 2.24) is 14.8 Å². The molecule has 0 atom stereocenters. The van der Waals surface area contributed by atoms with Crippen LogP contribution in [0.5, 0.6) is 0 Å². The topological polar surface area (TPSA) is 86.1 Å². The highest BCUT2D eigenvalue weighted by atomic mass is 32.2. The van der Waals surface area contributed by atoms with Gasteiger partial charge in [0.2, 0.25) is 5.91 Å². The summed E-state index contributed by atoms with van der Waals surface area (Å²) in [5.41, 5.74) is 1.92. The molecule has 3 rings (SSSR count). The quantitative estimate of drug-likeness (QED) is 0.518. The third kappa shape index (κ3) is 6.06. The fraction of sp³-hybridized carbons (Fsp3) is 0.524. The molecule has 0 radical (unpaired) electrons. The van der Waals surface area contributed by atoms with Crippen molar-refractivity contribution in [3.63, 3.8) is 0 Å². The molecule has 0 saturated heterocycles. The van der Waals surface area contributed by atoms with Crippen LogP contribution in [0.3, 0.4) is 0 Å². The first-order valence-corrected chi connectivity index (χ1v) is 11.1. The maximum Gasteiger partial charge on any atom is 0.313 e. The Labute approximate surface area is 175 Å². The Morgan fingerprint density at radius 1 is 1.17 bits per heavy atom. The number of esters is 1. The van der Waals surface area contributed by atoms with E-state index in [2.05, 4.69) is 20.1 Å². The fourth-order valence-electron chi connectivity index (χ4n) is 3.54. The largest absolute Gasteiger partial charge is 0.466 e. The second-order valence-electron chi connectivity index (χ2n) is 7.25. The van der Waals surface area contributed by atoms with E-state index in [1.165, 1.54) is 18.2 Å². The molecule has 7 nitrogen and oxygen atoms in total. The molecule has 29 heavy (non-hydrogen) atoms. The van der Waals surface area contributed by atoms with Crippen LogP contribution < -0.4 is 5.32 Å². The van der Waals surface area contributed by atoms with Gasteiger partial charge in [-0.25, -0.2) is 0 Å². The van der Waals surface area contributed by atoms with E-state index < -0.39 is 0 Å². The van der Waals surface area contributed by atoms with E-state index in [1.807, 2.05) is 31.2 Å². The molecule has 1 amide bonds. The summed E-state index contributed by atoms with van der Waals surface area (Å²) >= 11 is 1.36. The van der Waals surface area contributed by atoms with Crippen molar-refractivity contribution in [2.75, 3.05) is 17.7 Å². The number of ether oxygens (including phenoxy) is 1. The molecule has 0 bridgehead atoms. The number of hydrogen-bond acceptors (Lipinski definition) is 6. The number of amides is 1. The number of nitrogens with one attached hydrogen (secondary N) is 1. The lowest BCUT2D eigenvalue weighted by Gasteiger charge is -2.25. The Morgan fingerprint density at radius 3 is 2.59 bits per heavy atom. The van der Waals surface area contributed by atoms with Gasteiger partial charge in [-0.05, 0) is 38.8 Å². The van der Waals surface area contributed by atoms with Gasteiger partial charge in [0.25, 0.3) is 0 Å². The lowest BCUT2D eigenvalue weighted by Crippen LogP contribution is -2.20. The van der Waals surface area contributed by atoms with Crippen molar-refractivity contribution >= 4 is 29.3 Å². The Morgan fingerprint density at radius 2 is 1.90 bits per heavy atom. The highest BCUT2D eigenvalue weighted by Crippen LogP contribution is 2.32. The van der Waals surface area contributed by atoms with E-state index in [1.54, 1.807) is 6.92 Å². The average Bonchev–Trinajstić information content (AvgIpc) is 3.11. The van der Waals surface area contributed by atoms with Crippen LogP contribution in [-0.2, 0) is 20.7 Å². The van der Waals surface area contributed by atoms with Crippen molar-refractivity contribution in [2.45, 2.75) is 63.6 Å². The number of aryl methyl sites for hydroxylation is 1. The number of carbonyl (C=O) groups excluding carboxylic acids is 2. The van der Waals surface area contributed by atoms with Crippen LogP contribution in [-0.4, -0.2) is 39.0 Å². The number of carbonyl (C=O) groups is 2. The first-order valence-electron chi connectivity index (χ1n) is 10.2. The van der Waals surface area contributed by atoms with Crippen LogP contribution in [0.2, 0.25) is 0 Å². The van der Waals surface area contributed by atoms with Crippen molar-refractivity contribution in [1.29, 1.82) is 0 Å². The van der Waals surface area contributed by atoms with Gasteiger partial charge < -0.3 is 14.6 Å². The van der Waals surface area contributed by atoms with Gasteiger partial charge in [-0.1, -0.05) is 48.7 Å². The van der Waals surface area contributed by atoms with Crippen LogP contribution >= 0.6 is 11.8 Å². The van der Waals surface area contributed by atoms with E-state index in [-0.39, 0.29) is 30.1 Å². The van der Waals surface area contributed by atoms with Gasteiger partial charge >= 0.3 is 5.97 Å². The minimum absolute atomic E-state index is 0.0935. The van der Waals surface area contributed by atoms with E-state index in [0.29, 0.717) is 17.6 Å². The highest BCUT2D eigenvalue weighted by molar-refractivity contribution is 7.99. The molecule has 1 fully saturated rings. The number of benzene rings is 1. The smallest absolute Gasteiger partial charge is 0.313 e. The fourth-order valence-corrected chi connectivity index (χ4v) is 4.36. The van der Waals surface area contributed by atoms with Crippen LogP contribution in [0.15, 0.2) is 29.4 Å². The van der Waals surface area contributed by atoms with Gasteiger partial charge in [-0.3, -0.25) is 9.59 Å². The molecular weight excluding hydrogens is 388 g/mol. The molecule has 1 N–H and O–H groups in total. The van der Waals surface area contributed by atoms with Gasteiger partial charge in [-0.15, -0.1) is 10.2 Å². The lowest BCUT2D eigenvalue weighted by molar-refractivity contribution is -0.142. The van der Waals surface area contributed by atoms with Gasteiger partial charge in [-0.2, -0.15) is 0 Å². The molecule has 156 valence electrons. The predicted molar refractivity (Wildman–Crippen MR) is 113 cm³/mol. The van der Waals surface area contributed by atoms with Crippen LogP contribution in [0, 0.1) is 6.92 Å². The number of thioether (sulfide) groups is 1. The van der Waals surface area contributed by atoms with E-state index >= 15 is 0 Å². The Kier molecular flexibility index (Phi) is 7.69. The molecule has 1 aromatic carbocycles. The van der Waals surface area contributed by atoms with Gasteiger partial charge in [0, 0.05) is 11.7 Å². The summed E-state index contributed by atoms with van der Waals surface area (Å²) in [6.07, 6.45) is 5.72. The predicted octanol–water partition coefficient (Wildman–Crippen LogP) is 3.93. The SMILES string of the molecule is CCOC(=O)Cc1nnc(SCC(=O)Nc2ccc(C)cc2)n1C1CCCCC1. The second kappa shape index (κ2) is 10.4. The van der Waals surface area contributed by atoms with Crippen molar-refractivity contribution in [2.24, 2.45) is 0 Å². The zero-order valence-electron chi connectivity index (χ0n) is 17.0. The summed E-state index contributed by atoms with van der Waals surface area (Å²) in [6, 6.07) is 7.97. The maximum atomic E-state index is 12.4. The third-order valence-electron chi connectivity index (χ3n) is 4.95. The van der Waals surface area contributed by atoms with Crippen molar-refractivity contribution in [3.8, 4) is 0 Å². The van der Waals surface area contributed by atoms with Crippen LogP contribution in [0.25, 0.3) is 0 Å². The molecule has 1 aliphatic carbocycles. The molecule has 0 unspecified atom stereocenters. The molecule has 8 heteroatoms. The number of aromatic nitrogens is 3. The molecule has 2 aromatic rings. The summed E-state index contributed by atoms with van der Waals surface area (Å²) < 4.78 is 7.13. The van der Waals surface area contributed by atoms with Crippen LogP contribution in [0.4, 0.5) is 5.69 Å². The molecule has 1 aromatic heterocycles. The number of anilines is 1. The summed E-state index contributed by atoms with van der Waals surface area (Å²) in [5, 5.41) is 12.1. The summed E-state index contributed by atoms with van der Waals surface area (Å²) in [6.45, 7) is 4.14. The summed E-state index contributed by atoms with van der Waals surface area (Å²) in [5.74, 6) is 0.462. The first-order chi connectivity index (χ1) is 14.1. The normalized spacial score (nSPS) is 14.6. The standard InChI is InChI=1S/C21H28N4O3S/c1-3-28-20(27)13-18-23-24-21(25(18)17-7-5-4-6-8-17)29-14-19(26)22-16-11-9-15(2)10-12-16/h9-12,17H,3-8,13-14H2,1-2H3,(H,22,26). The minimum Gasteiger partial charge on any atom is -0.466 e. The highest BCUT2D eigenvalue weighted by Gasteiger charge is 2.25. The first kappa shape index (κ1) is 21.4. The summed E-state index contributed by atoms with van der Waals surface area (Å²) in [4.78, 5) is 24.3. The van der Waals surface area contributed by atoms with Crippen molar-refractivity contribution < 1.29 is 14.3 Å². The van der Waals surface area contributed by atoms with E-state index in [0.717, 1.165) is 36.9 Å². The zero-order valence-corrected chi connectivity index (χ0v) is 17.8. The van der Waals surface area contributed by atoms with E-state index in [4.69, 9.17) is 4.74 Å². The Hall–Kier alpha value is -2.35. The molecule has 1 saturated carbocycles. The minimum atomic E-state index is -0.300. The molecular formula is C21H28N4O3S. The lowest BCUT2D eigenvalue weighted by atomic mass is 9.95. The van der Waals surface area contributed by atoms with Gasteiger partial charge in [0.05, 0.1) is 12.4 Å². The maximum absolute atomic E-state index is 12.4. The summed E-state index contributed by atoms with van der Waals surface area (Å²) in [7, 11) is 0. The monoisotopic (exact) mass is 416 g/mol. The van der Waals surface area contributed by atoms with E-state index in [9.17, 15) is 9.59 Å². The number of hydrogen-bond donors (Lipinski definition) is 1. The Bertz CT molecular complexity index is 829. The molecule has 1 aliphatic rings. The van der Waals surface area contributed by atoms with Gasteiger partial charge in [0.1, 0.15) is 12.2 Å². The molecule has 0 aliphatic heterocycles. The number of rotatable bonds is 8. The zero-order chi connectivity index (χ0) is 20.6. The molecule has 1 heterocycles.